The van der Waals surface area contributed by atoms with Crippen LogP contribution in [-0.2, 0) is 4.79 Å². The molecule has 0 bridgehead atoms. The Hall–Kier alpha value is -3.08. The number of pyridine rings is 1. The molecule has 0 radical (unpaired) electrons. The van der Waals surface area contributed by atoms with Crippen molar-refractivity contribution in [3.8, 4) is 11.5 Å². The lowest BCUT2D eigenvalue weighted by Gasteiger charge is -2.11. The first kappa shape index (κ1) is 16.8. The number of ether oxygens (including phenoxy) is 2. The summed E-state index contributed by atoms with van der Waals surface area (Å²) in [6.45, 7) is 4.01. The third-order valence-corrected chi connectivity index (χ3v) is 4.14. The molecule has 0 atom stereocenters. The molecule has 0 unspecified atom stereocenters. The van der Waals surface area contributed by atoms with Gasteiger partial charge in [0.1, 0.15) is 11.5 Å². The van der Waals surface area contributed by atoms with Crippen LogP contribution in [-0.4, -0.2) is 24.6 Å². The molecule has 0 aliphatic carbocycles. The molecule has 1 heterocycles. The Bertz CT molecular complexity index is 905. The average Bonchev–Trinajstić information content (AvgIpc) is 2.64. The Labute approximate surface area is 146 Å². The number of nitrogens with zero attached hydrogens (tertiary/aromatic N) is 1. The summed E-state index contributed by atoms with van der Waals surface area (Å²) >= 11 is 0. The van der Waals surface area contributed by atoms with E-state index in [4.69, 9.17) is 9.47 Å². The van der Waals surface area contributed by atoms with Crippen molar-refractivity contribution < 1.29 is 14.3 Å². The number of nitrogens with one attached hydrogen (secondary N) is 1. The molecule has 1 N–H and O–H groups in total. The van der Waals surface area contributed by atoms with E-state index in [-0.39, 0.29) is 12.5 Å². The maximum Gasteiger partial charge on any atom is 0.262 e. The Balaban J connectivity index is 1.70. The molecule has 3 rings (SSSR count). The van der Waals surface area contributed by atoms with E-state index in [1.165, 1.54) is 5.56 Å². The largest absolute Gasteiger partial charge is 0.497 e. The van der Waals surface area contributed by atoms with Crippen LogP contribution < -0.4 is 14.8 Å². The van der Waals surface area contributed by atoms with Crippen LogP contribution in [0.1, 0.15) is 11.1 Å². The number of carbonyl (C=O) groups is 1. The van der Waals surface area contributed by atoms with E-state index in [1.54, 1.807) is 43.6 Å². The van der Waals surface area contributed by atoms with Crippen molar-refractivity contribution in [3.05, 3.63) is 59.8 Å². The van der Waals surface area contributed by atoms with Gasteiger partial charge in [-0.15, -0.1) is 0 Å². The normalized spacial score (nSPS) is 10.5. The highest BCUT2D eigenvalue weighted by molar-refractivity contribution is 6.02. The molecule has 0 saturated carbocycles. The summed E-state index contributed by atoms with van der Waals surface area (Å²) in [5, 5.41) is 3.82. The van der Waals surface area contributed by atoms with Gasteiger partial charge in [-0.2, -0.15) is 0 Å². The number of amides is 1. The third-order valence-electron chi connectivity index (χ3n) is 4.14. The molecular weight excluding hydrogens is 316 g/mol. The van der Waals surface area contributed by atoms with E-state index in [2.05, 4.69) is 10.3 Å². The Kier molecular flexibility index (Phi) is 4.84. The molecule has 0 fully saturated rings. The number of methoxy groups -OCH3 is 1. The highest BCUT2D eigenvalue weighted by atomic mass is 16.5. The smallest absolute Gasteiger partial charge is 0.262 e. The van der Waals surface area contributed by atoms with Gasteiger partial charge in [-0.3, -0.25) is 9.78 Å². The second kappa shape index (κ2) is 7.21. The Morgan fingerprint density at radius 1 is 1.04 bits per heavy atom. The maximum absolute atomic E-state index is 12.2. The summed E-state index contributed by atoms with van der Waals surface area (Å²) < 4.78 is 10.6. The number of hydrogen-bond acceptors (Lipinski definition) is 4. The minimum absolute atomic E-state index is 0.0685. The summed E-state index contributed by atoms with van der Waals surface area (Å²) in [4.78, 5) is 16.6. The summed E-state index contributed by atoms with van der Waals surface area (Å²) in [6, 6.07) is 12.9. The quantitative estimate of drug-likeness (QED) is 0.768. The van der Waals surface area contributed by atoms with Crippen molar-refractivity contribution in [3.63, 3.8) is 0 Å². The summed E-state index contributed by atoms with van der Waals surface area (Å²) in [6.07, 6.45) is 1.70. The molecule has 2 aromatic carbocycles. The topological polar surface area (TPSA) is 60.5 Å². The molecule has 25 heavy (non-hydrogen) atoms. The van der Waals surface area contributed by atoms with Gasteiger partial charge in [0.25, 0.3) is 5.91 Å². The van der Waals surface area contributed by atoms with Gasteiger partial charge >= 0.3 is 0 Å². The monoisotopic (exact) mass is 336 g/mol. The van der Waals surface area contributed by atoms with Crippen LogP contribution in [0.4, 0.5) is 5.69 Å². The van der Waals surface area contributed by atoms with E-state index in [0.29, 0.717) is 5.75 Å². The molecule has 5 heteroatoms. The number of hydrogen-bond donors (Lipinski definition) is 1. The molecule has 128 valence electrons. The summed E-state index contributed by atoms with van der Waals surface area (Å²) in [5.74, 6) is 1.13. The van der Waals surface area contributed by atoms with Gasteiger partial charge in [0.15, 0.2) is 6.61 Å². The SMILES string of the molecule is COc1ccc(OCC(=O)Nc2ccnc3c(C)c(C)ccc23)cc1. The second-order valence-electron chi connectivity index (χ2n) is 5.77. The van der Waals surface area contributed by atoms with Crippen LogP contribution in [0, 0.1) is 13.8 Å². The van der Waals surface area contributed by atoms with E-state index < -0.39 is 0 Å². The lowest BCUT2D eigenvalue weighted by atomic mass is 10.0. The van der Waals surface area contributed by atoms with E-state index in [1.807, 2.05) is 26.0 Å². The summed E-state index contributed by atoms with van der Waals surface area (Å²) in [7, 11) is 1.60. The van der Waals surface area contributed by atoms with Gasteiger partial charge in [0.05, 0.1) is 18.3 Å². The zero-order chi connectivity index (χ0) is 17.8. The first-order valence-corrected chi connectivity index (χ1v) is 8.00. The van der Waals surface area contributed by atoms with Gasteiger partial charge in [-0.25, -0.2) is 0 Å². The van der Waals surface area contributed by atoms with Crippen molar-refractivity contribution in [1.82, 2.24) is 4.98 Å². The van der Waals surface area contributed by atoms with Crippen LogP contribution in [0.3, 0.4) is 0 Å². The molecule has 0 saturated heterocycles. The van der Waals surface area contributed by atoms with Crippen molar-refractivity contribution in [2.75, 3.05) is 19.0 Å². The Morgan fingerprint density at radius 2 is 1.76 bits per heavy atom. The van der Waals surface area contributed by atoms with Crippen molar-refractivity contribution in [1.29, 1.82) is 0 Å². The average molecular weight is 336 g/mol. The van der Waals surface area contributed by atoms with Crippen molar-refractivity contribution in [2.24, 2.45) is 0 Å². The maximum atomic E-state index is 12.2. The minimum atomic E-state index is -0.221. The van der Waals surface area contributed by atoms with Crippen molar-refractivity contribution >= 4 is 22.5 Å². The number of carbonyl (C=O) groups excluding carboxylic acids is 1. The summed E-state index contributed by atoms with van der Waals surface area (Å²) in [5.41, 5.74) is 3.92. The fourth-order valence-electron chi connectivity index (χ4n) is 2.58. The fourth-order valence-corrected chi connectivity index (χ4v) is 2.58. The highest BCUT2D eigenvalue weighted by Gasteiger charge is 2.09. The predicted molar refractivity (Wildman–Crippen MR) is 98.3 cm³/mol. The molecule has 3 aromatic rings. The van der Waals surface area contributed by atoms with Crippen LogP contribution in [0.5, 0.6) is 11.5 Å². The lowest BCUT2D eigenvalue weighted by Crippen LogP contribution is -2.20. The van der Waals surface area contributed by atoms with Crippen LogP contribution in [0.15, 0.2) is 48.7 Å². The number of benzene rings is 2. The number of aromatic nitrogens is 1. The third kappa shape index (κ3) is 3.71. The molecular formula is C20H20N2O3. The van der Waals surface area contributed by atoms with Crippen LogP contribution in [0.25, 0.3) is 10.9 Å². The number of fused-ring (bicyclic) bond motifs is 1. The Morgan fingerprint density at radius 3 is 2.48 bits per heavy atom. The molecule has 1 aromatic heterocycles. The minimum Gasteiger partial charge on any atom is -0.497 e. The molecule has 0 aliphatic heterocycles. The predicted octanol–water partition coefficient (Wildman–Crippen LogP) is 3.88. The number of rotatable bonds is 5. The molecule has 0 aliphatic rings. The second-order valence-corrected chi connectivity index (χ2v) is 5.77. The van der Waals surface area contributed by atoms with Gasteiger partial charge in [0.2, 0.25) is 0 Å². The number of aryl methyl sites for hydroxylation is 2. The molecule has 1 amide bonds. The van der Waals surface area contributed by atoms with E-state index in [0.717, 1.165) is 27.9 Å². The lowest BCUT2D eigenvalue weighted by molar-refractivity contribution is -0.118. The zero-order valence-electron chi connectivity index (χ0n) is 14.5. The van der Waals surface area contributed by atoms with Gasteiger partial charge in [-0.1, -0.05) is 12.1 Å². The van der Waals surface area contributed by atoms with Crippen LogP contribution >= 0.6 is 0 Å². The van der Waals surface area contributed by atoms with Gasteiger partial charge in [0, 0.05) is 11.6 Å². The first-order chi connectivity index (χ1) is 12.1. The van der Waals surface area contributed by atoms with E-state index in [9.17, 15) is 4.79 Å². The van der Waals surface area contributed by atoms with E-state index >= 15 is 0 Å². The zero-order valence-corrected chi connectivity index (χ0v) is 14.5. The first-order valence-electron chi connectivity index (χ1n) is 8.00. The fraction of sp³-hybridized carbons (Fsp3) is 0.200. The van der Waals surface area contributed by atoms with Crippen LogP contribution in [0.2, 0.25) is 0 Å². The molecule has 0 spiro atoms. The molecule has 5 nitrogen and oxygen atoms in total. The standard InChI is InChI=1S/C20H20N2O3/c1-13-4-9-17-18(10-11-21-20(17)14(13)2)22-19(23)12-25-16-7-5-15(24-3)6-8-16/h4-11H,12H2,1-3H3,(H,21,22,23). The van der Waals surface area contributed by atoms with Crippen molar-refractivity contribution in [2.45, 2.75) is 13.8 Å². The van der Waals surface area contributed by atoms with Gasteiger partial charge < -0.3 is 14.8 Å². The number of anilines is 1. The highest BCUT2D eigenvalue weighted by Crippen LogP contribution is 2.26. The van der Waals surface area contributed by atoms with Gasteiger partial charge in [-0.05, 0) is 55.3 Å².